The second-order valence-electron chi connectivity index (χ2n) is 6.28. The predicted molar refractivity (Wildman–Crippen MR) is 86.1 cm³/mol. The molecule has 5 nitrogen and oxygen atoms in total. The van der Waals surface area contributed by atoms with E-state index in [1.54, 1.807) is 0 Å². The van der Waals surface area contributed by atoms with Crippen molar-refractivity contribution < 1.29 is 22.9 Å². The molecule has 0 N–H and O–H groups in total. The van der Waals surface area contributed by atoms with Gasteiger partial charge in [0.1, 0.15) is 0 Å². The quantitative estimate of drug-likeness (QED) is 0.290. The van der Waals surface area contributed by atoms with Gasteiger partial charge in [0.2, 0.25) is 0 Å². The van der Waals surface area contributed by atoms with Crippen molar-refractivity contribution >= 4 is 26.3 Å². The summed E-state index contributed by atoms with van der Waals surface area (Å²) in [6, 6.07) is 0. The van der Waals surface area contributed by atoms with Crippen LogP contribution in [0.15, 0.2) is 0 Å². The van der Waals surface area contributed by atoms with Crippen molar-refractivity contribution in [1.29, 1.82) is 0 Å². The van der Waals surface area contributed by atoms with Crippen LogP contribution in [0.25, 0.3) is 0 Å². The summed E-state index contributed by atoms with van der Waals surface area (Å²) in [5.41, 5.74) is -1.42. The average molecular weight is 341 g/mol. The van der Waals surface area contributed by atoms with Gasteiger partial charge in [-0.15, -0.1) is 11.6 Å². The number of halogens is 1. The van der Waals surface area contributed by atoms with Crippen LogP contribution in [0.3, 0.4) is 0 Å². The summed E-state index contributed by atoms with van der Waals surface area (Å²) in [4.78, 5) is 0. The van der Waals surface area contributed by atoms with Gasteiger partial charge >= 0.3 is 14.7 Å². The first kappa shape index (κ1) is 19.5. The number of hydrogen-bond acceptors (Lipinski definition) is 5. The first-order valence-electron chi connectivity index (χ1n) is 7.26. The summed E-state index contributed by atoms with van der Waals surface area (Å²) >= 11 is 5.72. The van der Waals surface area contributed by atoms with Crippen LogP contribution in [0.2, 0.25) is 0 Å². The Morgan fingerprint density at radius 2 is 1.57 bits per heavy atom. The molecule has 124 valence electrons. The SMILES string of the molecule is COP(=O)(OC)C(CCCCCl)B1OC(C)(C)C(C)(C)O1. The lowest BCUT2D eigenvalue weighted by Crippen LogP contribution is -2.41. The zero-order chi connectivity index (χ0) is 16.3. The Kier molecular flexibility index (Phi) is 6.80. The van der Waals surface area contributed by atoms with E-state index in [4.69, 9.17) is 30.0 Å². The third kappa shape index (κ3) is 4.24. The predicted octanol–water partition coefficient (Wildman–Crippen LogP) is 3.88. The summed E-state index contributed by atoms with van der Waals surface area (Å²) in [6.07, 6.45) is 2.27. The standard InChI is InChI=1S/C13H27BClO5P/c1-12(2)13(3,4)20-14(19-12)11(9-7-8-10-15)21(16,17-5)18-6/h11H,7-10H2,1-6H3. The molecular formula is C13H27BClO5P. The van der Waals surface area contributed by atoms with E-state index in [9.17, 15) is 4.57 Å². The summed E-state index contributed by atoms with van der Waals surface area (Å²) in [6.45, 7) is 7.86. The maximum absolute atomic E-state index is 12.8. The van der Waals surface area contributed by atoms with Crippen molar-refractivity contribution in [3.05, 3.63) is 0 Å². The first-order chi connectivity index (χ1) is 9.63. The first-order valence-corrected chi connectivity index (χ1v) is 9.41. The highest BCUT2D eigenvalue weighted by molar-refractivity contribution is 7.57. The smallest absolute Gasteiger partial charge is 0.403 e. The molecule has 0 spiro atoms. The van der Waals surface area contributed by atoms with E-state index < -0.39 is 31.5 Å². The molecular weight excluding hydrogens is 313 g/mol. The zero-order valence-corrected chi connectivity index (χ0v) is 15.5. The van der Waals surface area contributed by atoms with Gasteiger partial charge in [-0.1, -0.05) is 6.42 Å². The molecule has 1 atom stereocenters. The highest BCUT2D eigenvalue weighted by Gasteiger charge is 2.58. The molecule has 1 rings (SSSR count). The van der Waals surface area contributed by atoms with Gasteiger partial charge in [0.05, 0.1) is 16.8 Å². The molecule has 0 bridgehead atoms. The van der Waals surface area contributed by atoms with Crippen molar-refractivity contribution in [1.82, 2.24) is 0 Å². The molecule has 0 amide bonds. The molecule has 0 radical (unpaired) electrons. The molecule has 1 aliphatic rings. The van der Waals surface area contributed by atoms with Crippen molar-refractivity contribution in [2.75, 3.05) is 20.1 Å². The van der Waals surface area contributed by atoms with Crippen molar-refractivity contribution in [2.24, 2.45) is 0 Å². The van der Waals surface area contributed by atoms with Crippen LogP contribution in [-0.4, -0.2) is 44.0 Å². The fourth-order valence-corrected chi connectivity index (χ4v) is 4.08. The Morgan fingerprint density at radius 1 is 1.10 bits per heavy atom. The Balaban J connectivity index is 2.95. The third-order valence-electron chi connectivity index (χ3n) is 4.38. The Bertz CT molecular complexity index is 367. The molecule has 0 aromatic carbocycles. The van der Waals surface area contributed by atoms with E-state index in [1.807, 2.05) is 27.7 Å². The van der Waals surface area contributed by atoms with Crippen molar-refractivity contribution in [2.45, 2.75) is 63.7 Å². The van der Waals surface area contributed by atoms with Gasteiger partial charge in [0.15, 0.2) is 0 Å². The minimum absolute atomic E-state index is 0.461. The molecule has 21 heavy (non-hydrogen) atoms. The largest absolute Gasteiger partial charge is 0.473 e. The molecule has 0 saturated carbocycles. The molecule has 0 aromatic heterocycles. The summed E-state index contributed by atoms with van der Waals surface area (Å²) in [7, 11) is -1.12. The van der Waals surface area contributed by atoms with E-state index in [1.165, 1.54) is 14.2 Å². The Labute approximate surface area is 133 Å². The van der Waals surface area contributed by atoms with E-state index in [-0.39, 0.29) is 0 Å². The average Bonchev–Trinajstić information content (AvgIpc) is 2.62. The molecule has 1 aliphatic heterocycles. The lowest BCUT2D eigenvalue weighted by Gasteiger charge is -2.32. The third-order valence-corrected chi connectivity index (χ3v) is 6.98. The maximum atomic E-state index is 12.8. The van der Waals surface area contributed by atoms with E-state index in [0.717, 1.165) is 12.8 Å². The topological polar surface area (TPSA) is 54.0 Å². The van der Waals surface area contributed by atoms with Crippen molar-refractivity contribution in [3.8, 4) is 0 Å². The Hall–Kier alpha value is 0.425. The Morgan fingerprint density at radius 3 is 1.95 bits per heavy atom. The number of unbranched alkanes of at least 4 members (excludes halogenated alkanes) is 1. The van der Waals surface area contributed by atoms with Crippen LogP contribution in [0.5, 0.6) is 0 Å². The molecule has 0 aromatic rings. The second-order valence-corrected chi connectivity index (χ2v) is 9.13. The number of rotatable bonds is 8. The molecule has 1 heterocycles. The van der Waals surface area contributed by atoms with Gasteiger partial charge in [-0.25, -0.2) is 0 Å². The lowest BCUT2D eigenvalue weighted by atomic mass is 9.81. The fraction of sp³-hybridized carbons (Fsp3) is 1.00. The van der Waals surface area contributed by atoms with Crippen LogP contribution in [0, 0.1) is 0 Å². The lowest BCUT2D eigenvalue weighted by molar-refractivity contribution is 0.00578. The summed E-state index contributed by atoms with van der Waals surface area (Å²) < 4.78 is 35.2. The molecule has 1 saturated heterocycles. The van der Waals surface area contributed by atoms with Crippen LogP contribution in [-0.2, 0) is 22.9 Å². The zero-order valence-electron chi connectivity index (χ0n) is 13.8. The summed E-state index contributed by atoms with van der Waals surface area (Å²) in [5.74, 6) is 0.570. The molecule has 8 heteroatoms. The van der Waals surface area contributed by atoms with Gasteiger partial charge in [0, 0.05) is 20.1 Å². The highest BCUT2D eigenvalue weighted by atomic mass is 35.5. The monoisotopic (exact) mass is 340 g/mol. The van der Waals surface area contributed by atoms with Gasteiger partial charge in [-0.3, -0.25) is 4.57 Å². The van der Waals surface area contributed by atoms with E-state index in [0.29, 0.717) is 12.3 Å². The second kappa shape index (κ2) is 7.33. The number of alkyl halides is 1. The van der Waals surface area contributed by atoms with Crippen LogP contribution in [0.4, 0.5) is 0 Å². The van der Waals surface area contributed by atoms with Crippen molar-refractivity contribution in [3.63, 3.8) is 0 Å². The van der Waals surface area contributed by atoms with Gasteiger partial charge in [-0.2, -0.15) is 0 Å². The summed E-state index contributed by atoms with van der Waals surface area (Å²) in [5, 5.41) is 0. The fourth-order valence-electron chi connectivity index (χ4n) is 2.28. The van der Waals surface area contributed by atoms with Gasteiger partial charge in [0.25, 0.3) is 0 Å². The van der Waals surface area contributed by atoms with Crippen LogP contribution in [0.1, 0.15) is 47.0 Å². The normalized spacial score (nSPS) is 22.5. The number of hydrogen-bond donors (Lipinski definition) is 0. The van der Waals surface area contributed by atoms with E-state index >= 15 is 0 Å². The highest BCUT2D eigenvalue weighted by Crippen LogP contribution is 2.56. The van der Waals surface area contributed by atoms with Gasteiger partial charge < -0.3 is 18.4 Å². The van der Waals surface area contributed by atoms with Gasteiger partial charge in [-0.05, 0) is 40.5 Å². The van der Waals surface area contributed by atoms with E-state index in [2.05, 4.69) is 0 Å². The minimum atomic E-state index is -3.29. The van der Waals surface area contributed by atoms with Crippen LogP contribution >= 0.6 is 19.2 Å². The molecule has 1 fully saturated rings. The maximum Gasteiger partial charge on any atom is 0.473 e. The molecule has 1 unspecified atom stereocenters. The van der Waals surface area contributed by atoms with Crippen LogP contribution < -0.4 is 0 Å². The molecule has 0 aliphatic carbocycles. The minimum Gasteiger partial charge on any atom is -0.403 e.